The van der Waals surface area contributed by atoms with Crippen molar-refractivity contribution in [1.29, 1.82) is 0 Å². The third kappa shape index (κ3) is 10.7. The van der Waals surface area contributed by atoms with E-state index >= 15 is 0 Å². The van der Waals surface area contributed by atoms with E-state index in [4.69, 9.17) is 8.85 Å². The second-order valence-electron chi connectivity index (χ2n) is 4.61. The smallest absolute Gasteiger partial charge is 0.325 e. The van der Waals surface area contributed by atoms with E-state index in [-0.39, 0.29) is 0 Å². The highest BCUT2D eigenvalue weighted by atomic mass is 28.3. The maximum atomic E-state index is 5.37. The first-order chi connectivity index (χ1) is 8.24. The molecule has 1 rings (SSSR count). The van der Waals surface area contributed by atoms with Crippen molar-refractivity contribution in [3.05, 3.63) is 12.7 Å². The zero-order chi connectivity index (χ0) is 12.9. The average molecular weight is 258 g/mol. The fourth-order valence-electron chi connectivity index (χ4n) is 2.00. The van der Waals surface area contributed by atoms with Crippen molar-refractivity contribution in [2.75, 3.05) is 13.2 Å². The fraction of sp³-hybridized carbons (Fsp3) is 0.857. The summed E-state index contributed by atoms with van der Waals surface area (Å²) < 4.78 is 10.7. The van der Waals surface area contributed by atoms with Crippen LogP contribution in [0.2, 0.25) is 6.04 Å². The molecule has 0 amide bonds. The predicted molar refractivity (Wildman–Crippen MR) is 77.7 cm³/mol. The van der Waals surface area contributed by atoms with E-state index in [9.17, 15) is 0 Å². The largest absolute Gasteiger partial charge is 0.397 e. The van der Waals surface area contributed by atoms with Gasteiger partial charge in [0.1, 0.15) is 0 Å². The highest BCUT2D eigenvalue weighted by Gasteiger charge is 2.08. The maximum absolute atomic E-state index is 5.37. The van der Waals surface area contributed by atoms with Gasteiger partial charge in [0.15, 0.2) is 0 Å². The lowest BCUT2D eigenvalue weighted by molar-refractivity contribution is 0.216. The van der Waals surface area contributed by atoms with Gasteiger partial charge in [-0.25, -0.2) is 0 Å². The number of rotatable bonds is 6. The molecule has 0 bridgehead atoms. The van der Waals surface area contributed by atoms with Crippen molar-refractivity contribution in [3.63, 3.8) is 0 Å². The summed E-state index contributed by atoms with van der Waals surface area (Å²) >= 11 is 0. The average Bonchev–Trinajstić information content (AvgIpc) is 2.32. The Kier molecular flexibility index (Phi) is 12.2. The van der Waals surface area contributed by atoms with Crippen LogP contribution < -0.4 is 0 Å². The van der Waals surface area contributed by atoms with E-state index < -0.39 is 9.28 Å². The topological polar surface area (TPSA) is 18.5 Å². The molecule has 0 saturated heterocycles. The molecule has 0 aromatic rings. The molecule has 0 radical (unpaired) electrons. The van der Waals surface area contributed by atoms with E-state index in [0.717, 1.165) is 25.2 Å². The summed E-state index contributed by atoms with van der Waals surface area (Å²) in [5.41, 5.74) is 0. The summed E-state index contributed by atoms with van der Waals surface area (Å²) in [6.45, 7) is 11.5. The second kappa shape index (κ2) is 12.3. The summed E-state index contributed by atoms with van der Waals surface area (Å²) in [5, 5.41) is 0. The van der Waals surface area contributed by atoms with E-state index in [1.54, 1.807) is 0 Å². The molecular formula is C14H30O2Si. The molecule has 2 nitrogen and oxygen atoms in total. The van der Waals surface area contributed by atoms with Crippen molar-refractivity contribution >= 4 is 9.28 Å². The third-order valence-corrected chi connectivity index (χ3v) is 5.09. The normalized spacial score (nSPS) is 16.5. The number of hydrogen-bond donors (Lipinski definition) is 0. The van der Waals surface area contributed by atoms with Gasteiger partial charge >= 0.3 is 9.28 Å². The molecule has 0 spiro atoms. The van der Waals surface area contributed by atoms with Gasteiger partial charge in [-0.15, -0.1) is 6.58 Å². The lowest BCUT2D eigenvalue weighted by atomic mass is 9.91. The summed E-state index contributed by atoms with van der Waals surface area (Å²) in [6, 6.07) is 0.904. The minimum atomic E-state index is -1.35. The highest BCUT2D eigenvalue weighted by Crippen LogP contribution is 2.22. The van der Waals surface area contributed by atoms with Crippen LogP contribution in [0.5, 0.6) is 0 Å². The molecule has 1 aliphatic rings. The van der Waals surface area contributed by atoms with Gasteiger partial charge in [0, 0.05) is 19.3 Å². The third-order valence-electron chi connectivity index (χ3n) is 2.96. The molecule has 0 aromatic carbocycles. The van der Waals surface area contributed by atoms with Gasteiger partial charge in [0.05, 0.1) is 0 Å². The van der Waals surface area contributed by atoms with E-state index in [0.29, 0.717) is 0 Å². The van der Waals surface area contributed by atoms with Crippen LogP contribution in [0, 0.1) is 5.92 Å². The van der Waals surface area contributed by atoms with Crippen LogP contribution in [-0.2, 0) is 8.85 Å². The van der Waals surface area contributed by atoms with Gasteiger partial charge in [0.25, 0.3) is 0 Å². The molecule has 1 fully saturated rings. The summed E-state index contributed by atoms with van der Waals surface area (Å²) in [4.78, 5) is 0. The molecule has 1 aliphatic carbocycles. The Morgan fingerprint density at radius 3 is 1.94 bits per heavy atom. The molecular weight excluding hydrogens is 228 g/mol. The van der Waals surface area contributed by atoms with Crippen molar-refractivity contribution in [2.24, 2.45) is 5.92 Å². The second-order valence-corrected chi connectivity index (χ2v) is 6.60. The predicted octanol–water partition coefficient (Wildman–Crippen LogP) is 4.05. The number of allylic oxidation sites excluding steroid dienone is 1. The number of hydrogen-bond acceptors (Lipinski definition) is 2. The van der Waals surface area contributed by atoms with Gasteiger partial charge < -0.3 is 8.85 Å². The molecule has 0 atom stereocenters. The van der Waals surface area contributed by atoms with Gasteiger partial charge in [0.2, 0.25) is 0 Å². The van der Waals surface area contributed by atoms with Gasteiger partial charge in [-0.3, -0.25) is 0 Å². The fourth-order valence-corrected chi connectivity index (χ4v) is 3.38. The van der Waals surface area contributed by atoms with Gasteiger partial charge in [-0.05, 0) is 19.8 Å². The molecule has 0 heterocycles. The summed E-state index contributed by atoms with van der Waals surface area (Å²) in [5.74, 6) is 1.04. The van der Waals surface area contributed by atoms with Gasteiger partial charge in [-0.2, -0.15) is 0 Å². The Bertz CT molecular complexity index is 162. The van der Waals surface area contributed by atoms with E-state index in [1.807, 2.05) is 19.9 Å². The first-order valence-electron chi connectivity index (χ1n) is 7.08. The Morgan fingerprint density at radius 2 is 1.65 bits per heavy atom. The minimum Gasteiger partial charge on any atom is -0.397 e. The molecule has 17 heavy (non-hydrogen) atoms. The van der Waals surface area contributed by atoms with Crippen LogP contribution in [-0.4, -0.2) is 22.5 Å². The molecule has 1 saturated carbocycles. The van der Waals surface area contributed by atoms with Gasteiger partial charge in [-0.1, -0.05) is 45.1 Å². The van der Waals surface area contributed by atoms with Crippen molar-refractivity contribution in [3.8, 4) is 0 Å². The first kappa shape index (κ1) is 16.9. The van der Waals surface area contributed by atoms with Crippen LogP contribution in [0.15, 0.2) is 12.7 Å². The molecule has 102 valence electrons. The van der Waals surface area contributed by atoms with Crippen LogP contribution in [0.3, 0.4) is 0 Å². The Hall–Kier alpha value is -0.123. The van der Waals surface area contributed by atoms with Crippen LogP contribution in [0.4, 0.5) is 0 Å². The van der Waals surface area contributed by atoms with E-state index in [2.05, 4.69) is 13.5 Å². The lowest BCUT2D eigenvalue weighted by Gasteiger charge is -2.15. The highest BCUT2D eigenvalue weighted by molar-refractivity contribution is 6.44. The quantitative estimate of drug-likeness (QED) is 0.528. The summed E-state index contributed by atoms with van der Waals surface area (Å²) in [6.07, 6.45) is 9.30. The van der Waals surface area contributed by atoms with Crippen molar-refractivity contribution in [1.82, 2.24) is 0 Å². The van der Waals surface area contributed by atoms with Crippen molar-refractivity contribution in [2.45, 2.75) is 58.9 Å². The molecule has 0 N–H and O–H groups in total. The molecule has 0 aromatic heterocycles. The monoisotopic (exact) mass is 258 g/mol. The van der Waals surface area contributed by atoms with Crippen LogP contribution >= 0.6 is 0 Å². The SMILES string of the molecule is C=CC[SiH](OCC)OCC.CC1CCCCC1. The van der Waals surface area contributed by atoms with E-state index in [1.165, 1.54) is 32.1 Å². The maximum Gasteiger partial charge on any atom is 0.325 e. The zero-order valence-electron chi connectivity index (χ0n) is 11.9. The minimum absolute atomic E-state index is 0.755. The molecule has 0 aliphatic heterocycles. The lowest BCUT2D eigenvalue weighted by Crippen LogP contribution is -2.21. The zero-order valence-corrected chi connectivity index (χ0v) is 13.1. The molecule has 0 unspecified atom stereocenters. The van der Waals surface area contributed by atoms with Crippen LogP contribution in [0.25, 0.3) is 0 Å². The first-order valence-corrected chi connectivity index (χ1v) is 8.84. The Balaban J connectivity index is 0.000000318. The standard InChI is InChI=1S/C7H16O2Si.C7H14/c1-4-7-10(8-5-2)9-6-3;1-7-5-3-2-4-6-7/h4,10H,1,5-7H2,2-3H3;7H,2-6H2,1H3. The molecule has 3 heteroatoms. The van der Waals surface area contributed by atoms with Crippen molar-refractivity contribution < 1.29 is 8.85 Å². The van der Waals surface area contributed by atoms with Crippen LogP contribution in [0.1, 0.15) is 52.9 Å². The summed E-state index contributed by atoms with van der Waals surface area (Å²) in [7, 11) is -1.35. The Labute approximate surface area is 109 Å². The Morgan fingerprint density at radius 1 is 1.12 bits per heavy atom.